The number of rotatable bonds is 0. The minimum atomic E-state index is -4.37. The van der Waals surface area contributed by atoms with Gasteiger partial charge >= 0.3 is 41.5 Å². The summed E-state index contributed by atoms with van der Waals surface area (Å²) in [7, 11) is 9.75. The molecule has 94 valence electrons. The Morgan fingerprint density at radius 1 is 1.25 bits per heavy atom. The number of nitrogens with zero attached hydrogens (tertiary/aromatic N) is 1. The van der Waals surface area contributed by atoms with Crippen LogP contribution in [0.1, 0.15) is 11.1 Å². The molecule has 1 rings (SSSR count). The molecule has 0 aromatic heterocycles. The van der Waals surface area contributed by atoms with Crippen LogP contribution >= 0.6 is 18.8 Å². The molecule has 0 saturated heterocycles. The first kappa shape index (κ1) is 18.1. The third-order valence-corrected chi connectivity index (χ3v) is 1.32. The van der Waals surface area contributed by atoms with Crippen LogP contribution in [0.3, 0.4) is 0 Å². The van der Waals surface area contributed by atoms with Gasteiger partial charge in [-0.1, -0.05) is 6.07 Å². The van der Waals surface area contributed by atoms with Crippen LogP contribution < -0.4 is 6.15 Å². The van der Waals surface area contributed by atoms with Gasteiger partial charge in [-0.3, -0.25) is 0 Å². The van der Waals surface area contributed by atoms with E-state index in [1.165, 1.54) is 12.1 Å². The Kier molecular flexibility index (Phi) is 9.99. The van der Waals surface area contributed by atoms with E-state index in [-0.39, 0.29) is 11.7 Å². The summed E-state index contributed by atoms with van der Waals surface area (Å²) in [4.78, 5) is 0. The van der Waals surface area contributed by atoms with Crippen molar-refractivity contribution in [2.75, 3.05) is 0 Å². The average Bonchev–Trinajstić information content (AvgIpc) is 2.18. The molecule has 0 aliphatic rings. The van der Waals surface area contributed by atoms with Gasteiger partial charge in [0.1, 0.15) is 0 Å². The number of benzene rings is 1. The standard InChI is InChI=1S/C8H4F3N.2ClH.H3N.Pt/c9-8(10,11)7-3-1-2-6(4-7)5-12;;;;/h1-4H;2*1H;1H3;/q;;;;+2/p-2. The summed E-state index contributed by atoms with van der Waals surface area (Å²) in [5.41, 5.74) is -0.772. The molecule has 0 aliphatic carbocycles. The molecule has 1 aromatic carbocycles. The van der Waals surface area contributed by atoms with Crippen molar-refractivity contribution in [3.63, 3.8) is 0 Å². The zero-order chi connectivity index (χ0) is 11.9. The Labute approximate surface area is 107 Å². The normalized spacial score (nSPS) is 9.50. The maximum atomic E-state index is 12.0. The minimum absolute atomic E-state index is 0. The van der Waals surface area contributed by atoms with E-state index in [0.29, 0.717) is 0 Å². The molecule has 0 fully saturated rings. The fraction of sp³-hybridized carbons (Fsp3) is 0.125. The first-order chi connectivity index (χ1) is 6.95. The van der Waals surface area contributed by atoms with Gasteiger partial charge < -0.3 is 6.15 Å². The topological polar surface area (TPSA) is 58.8 Å². The summed E-state index contributed by atoms with van der Waals surface area (Å²) < 4.78 is 36.0. The van der Waals surface area contributed by atoms with Crippen LogP contribution in [0.25, 0.3) is 0 Å². The van der Waals surface area contributed by atoms with Gasteiger partial charge in [-0.25, -0.2) is 0 Å². The second kappa shape index (κ2) is 8.83. The van der Waals surface area contributed by atoms with Crippen LogP contribution in [-0.4, -0.2) is 0 Å². The number of alkyl halides is 3. The zero-order valence-corrected chi connectivity index (χ0v) is 11.5. The summed E-state index contributed by atoms with van der Waals surface area (Å²) in [6, 6.07) is 5.93. The van der Waals surface area contributed by atoms with Gasteiger partial charge in [0.15, 0.2) is 0 Å². The van der Waals surface area contributed by atoms with E-state index >= 15 is 0 Å². The quantitative estimate of drug-likeness (QED) is 0.642. The molecule has 0 heterocycles. The molecular weight excluding hydrogens is 447 g/mol. The molecule has 16 heavy (non-hydrogen) atoms. The Bertz CT molecular complexity index is 352. The third-order valence-electron chi connectivity index (χ3n) is 1.32. The van der Waals surface area contributed by atoms with Crippen molar-refractivity contribution in [3.05, 3.63) is 35.4 Å². The molecule has 0 unspecified atom stereocenters. The van der Waals surface area contributed by atoms with Gasteiger partial charge in [-0.2, -0.15) is 18.4 Å². The number of hydrogen-bond acceptors (Lipinski definition) is 2. The Hall–Kier alpha value is -0.272. The maximum absolute atomic E-state index is 12.0. The Balaban J connectivity index is 0. The van der Waals surface area contributed by atoms with Crippen molar-refractivity contribution in [1.29, 1.82) is 5.26 Å². The fourth-order valence-electron chi connectivity index (χ4n) is 0.765. The van der Waals surface area contributed by atoms with Crippen LogP contribution in [0.15, 0.2) is 24.3 Å². The molecule has 1 aromatic rings. The van der Waals surface area contributed by atoms with E-state index in [1.54, 1.807) is 6.07 Å². The van der Waals surface area contributed by atoms with Crippen LogP contribution in [-0.2, 0) is 22.7 Å². The van der Waals surface area contributed by atoms with Crippen LogP contribution in [0.5, 0.6) is 0 Å². The first-order valence-corrected chi connectivity index (χ1v) is 8.98. The van der Waals surface area contributed by atoms with E-state index in [0.717, 1.165) is 12.1 Å². The summed E-state index contributed by atoms with van der Waals surface area (Å²) in [5.74, 6) is 0. The van der Waals surface area contributed by atoms with E-state index in [9.17, 15) is 13.2 Å². The molecular formula is C8H7Cl2F3N2Pt. The molecule has 0 amide bonds. The summed E-state index contributed by atoms with van der Waals surface area (Å²) in [5, 5.41) is 8.31. The predicted octanol–water partition coefficient (Wildman–Crippen LogP) is 4.12. The van der Waals surface area contributed by atoms with Crippen LogP contribution in [0, 0.1) is 11.3 Å². The van der Waals surface area contributed by atoms with Gasteiger partial charge in [0.2, 0.25) is 0 Å². The predicted molar refractivity (Wildman–Crippen MR) is 52.9 cm³/mol. The molecule has 0 spiro atoms. The van der Waals surface area contributed by atoms with Crippen molar-refractivity contribution in [2.24, 2.45) is 0 Å². The molecule has 0 radical (unpaired) electrons. The monoisotopic (exact) mass is 453 g/mol. The summed E-state index contributed by atoms with van der Waals surface area (Å²) in [6.07, 6.45) is -4.37. The van der Waals surface area contributed by atoms with E-state index < -0.39 is 28.2 Å². The molecule has 3 N–H and O–H groups in total. The Morgan fingerprint density at radius 3 is 2.12 bits per heavy atom. The van der Waals surface area contributed by atoms with Crippen molar-refractivity contribution >= 4 is 18.8 Å². The molecule has 0 aliphatic heterocycles. The second-order valence-electron chi connectivity index (χ2n) is 2.24. The van der Waals surface area contributed by atoms with Crippen LogP contribution in [0.2, 0.25) is 0 Å². The van der Waals surface area contributed by atoms with Gasteiger partial charge in [-0.05, 0) is 18.2 Å². The Morgan fingerprint density at radius 2 is 1.75 bits per heavy atom. The van der Waals surface area contributed by atoms with E-state index in [1.807, 2.05) is 0 Å². The molecule has 0 saturated carbocycles. The zero-order valence-electron chi connectivity index (χ0n) is 7.67. The SMILES string of the molecule is N.N#Cc1cccc(C(F)(F)F)c1.[Cl][Pt][Cl]. The first-order valence-electron chi connectivity index (χ1n) is 3.35. The van der Waals surface area contributed by atoms with Gasteiger partial charge in [0.25, 0.3) is 0 Å². The number of halogens is 5. The van der Waals surface area contributed by atoms with Crippen molar-refractivity contribution in [2.45, 2.75) is 6.18 Å². The molecule has 0 bridgehead atoms. The number of hydrogen-bond donors (Lipinski definition) is 1. The number of nitriles is 1. The van der Waals surface area contributed by atoms with E-state index in [2.05, 4.69) is 0 Å². The summed E-state index contributed by atoms with van der Waals surface area (Å²) >= 11 is -0.472. The van der Waals surface area contributed by atoms with Gasteiger partial charge in [0.05, 0.1) is 17.2 Å². The summed E-state index contributed by atoms with van der Waals surface area (Å²) in [6.45, 7) is 0. The fourth-order valence-corrected chi connectivity index (χ4v) is 0.765. The third kappa shape index (κ3) is 7.08. The van der Waals surface area contributed by atoms with Gasteiger partial charge in [0, 0.05) is 0 Å². The molecule has 0 atom stereocenters. The van der Waals surface area contributed by atoms with Crippen molar-refractivity contribution in [1.82, 2.24) is 6.15 Å². The molecule has 8 heteroatoms. The van der Waals surface area contributed by atoms with Crippen molar-refractivity contribution < 1.29 is 29.7 Å². The van der Waals surface area contributed by atoms with Gasteiger partial charge in [-0.15, -0.1) is 0 Å². The van der Waals surface area contributed by atoms with E-state index in [4.69, 9.17) is 24.1 Å². The molecule has 2 nitrogen and oxygen atoms in total. The second-order valence-corrected chi connectivity index (χ2v) is 5.52. The van der Waals surface area contributed by atoms with Crippen molar-refractivity contribution in [3.8, 4) is 6.07 Å². The average molecular weight is 454 g/mol. The van der Waals surface area contributed by atoms with Crippen LogP contribution in [0.4, 0.5) is 13.2 Å².